The molecular weight excluding hydrogens is 134 g/mol. The summed E-state index contributed by atoms with van der Waals surface area (Å²) in [4.78, 5) is 0. The van der Waals surface area contributed by atoms with Crippen molar-refractivity contribution in [2.45, 2.75) is 25.4 Å². The van der Waals surface area contributed by atoms with Gasteiger partial charge in [-0.2, -0.15) is 0 Å². The first-order valence-corrected chi connectivity index (χ1v) is 3.62. The quantitative estimate of drug-likeness (QED) is 0.557. The third-order valence-electron chi connectivity index (χ3n) is 1.53. The molecule has 0 saturated heterocycles. The Kier molecular flexibility index (Phi) is 2.28. The van der Waals surface area contributed by atoms with Crippen LogP contribution < -0.4 is 5.32 Å². The second kappa shape index (κ2) is 3.01. The van der Waals surface area contributed by atoms with E-state index in [1.165, 1.54) is 19.3 Å². The van der Waals surface area contributed by atoms with Crippen molar-refractivity contribution in [1.82, 2.24) is 5.32 Å². The number of hydrogen-bond acceptors (Lipinski definition) is 2. The van der Waals surface area contributed by atoms with E-state index in [1.54, 1.807) is 7.05 Å². The second-order valence-electron chi connectivity index (χ2n) is 2.21. The maximum absolute atomic E-state index is 5.26. The molecule has 0 bridgehead atoms. The van der Waals surface area contributed by atoms with Gasteiger partial charge in [-0.25, -0.2) is 0 Å². The predicted octanol–water partition coefficient (Wildman–Crippen LogP) is 1.06. The minimum Gasteiger partial charge on any atom is -0.468 e. The van der Waals surface area contributed by atoms with E-state index < -0.39 is 0 Å². The molecule has 1 saturated carbocycles. The molecule has 1 fully saturated rings. The third-order valence-corrected chi connectivity index (χ3v) is 1.83. The Balaban J connectivity index is 2.09. The van der Waals surface area contributed by atoms with Gasteiger partial charge in [0, 0.05) is 7.05 Å². The van der Waals surface area contributed by atoms with Crippen molar-refractivity contribution in [2.75, 3.05) is 7.05 Å². The van der Waals surface area contributed by atoms with Gasteiger partial charge in [-0.15, -0.1) is 0 Å². The predicted molar refractivity (Wildman–Crippen MR) is 40.4 cm³/mol. The van der Waals surface area contributed by atoms with Gasteiger partial charge in [0.2, 0.25) is 0 Å². The molecule has 1 aliphatic carbocycles. The molecule has 0 spiro atoms. The smallest absolute Gasteiger partial charge is 0.256 e. The summed E-state index contributed by atoms with van der Waals surface area (Å²) in [6.45, 7) is 0. The zero-order valence-electron chi connectivity index (χ0n) is 5.52. The minimum atomic E-state index is 0.407. The monoisotopic (exact) mass is 145 g/mol. The molecule has 52 valence electrons. The van der Waals surface area contributed by atoms with Crippen LogP contribution >= 0.6 is 12.2 Å². The lowest BCUT2D eigenvalue weighted by atomic mass is 9.96. The lowest BCUT2D eigenvalue weighted by Crippen LogP contribution is -2.29. The van der Waals surface area contributed by atoms with Crippen LogP contribution in [0.4, 0.5) is 0 Å². The molecule has 0 aromatic rings. The summed E-state index contributed by atoms with van der Waals surface area (Å²) >= 11 is 4.80. The van der Waals surface area contributed by atoms with Crippen molar-refractivity contribution >= 4 is 17.4 Å². The van der Waals surface area contributed by atoms with Crippen LogP contribution in [0.25, 0.3) is 0 Å². The van der Waals surface area contributed by atoms with Crippen LogP contribution in [0.2, 0.25) is 0 Å². The van der Waals surface area contributed by atoms with Crippen LogP contribution in [0.15, 0.2) is 0 Å². The topological polar surface area (TPSA) is 21.3 Å². The van der Waals surface area contributed by atoms with Gasteiger partial charge in [0.15, 0.2) is 0 Å². The SMILES string of the molecule is CNC(=S)OC1CCC1. The van der Waals surface area contributed by atoms with Crippen LogP contribution in [0.1, 0.15) is 19.3 Å². The maximum atomic E-state index is 5.26. The normalized spacial score (nSPS) is 18.3. The highest BCUT2D eigenvalue weighted by Crippen LogP contribution is 2.21. The van der Waals surface area contributed by atoms with E-state index in [1.807, 2.05) is 0 Å². The van der Waals surface area contributed by atoms with E-state index in [0.29, 0.717) is 11.3 Å². The number of ether oxygens (including phenoxy) is 1. The summed E-state index contributed by atoms with van der Waals surface area (Å²) in [6.07, 6.45) is 4.03. The molecule has 0 aromatic carbocycles. The Labute approximate surface area is 60.6 Å². The van der Waals surface area contributed by atoms with E-state index in [-0.39, 0.29) is 0 Å². The fraction of sp³-hybridized carbons (Fsp3) is 0.833. The average molecular weight is 145 g/mol. The molecule has 0 amide bonds. The van der Waals surface area contributed by atoms with E-state index in [0.717, 1.165) is 0 Å². The molecule has 1 aliphatic rings. The molecule has 0 heterocycles. The van der Waals surface area contributed by atoms with Gasteiger partial charge < -0.3 is 10.1 Å². The summed E-state index contributed by atoms with van der Waals surface area (Å²) in [5, 5.41) is 3.30. The van der Waals surface area contributed by atoms with Crippen molar-refractivity contribution in [1.29, 1.82) is 0 Å². The zero-order chi connectivity index (χ0) is 6.69. The molecule has 0 radical (unpaired) electrons. The fourth-order valence-electron chi connectivity index (χ4n) is 0.699. The molecule has 1 rings (SSSR count). The van der Waals surface area contributed by atoms with Gasteiger partial charge in [-0.3, -0.25) is 0 Å². The van der Waals surface area contributed by atoms with E-state index in [9.17, 15) is 0 Å². The van der Waals surface area contributed by atoms with Gasteiger partial charge in [-0.05, 0) is 31.5 Å². The molecule has 9 heavy (non-hydrogen) atoms. The second-order valence-corrected chi connectivity index (χ2v) is 2.58. The number of rotatable bonds is 1. The first-order chi connectivity index (χ1) is 4.33. The summed E-state index contributed by atoms with van der Waals surface area (Å²) in [6, 6.07) is 0. The first kappa shape index (κ1) is 6.81. The van der Waals surface area contributed by atoms with E-state index in [4.69, 9.17) is 17.0 Å². The summed E-state index contributed by atoms with van der Waals surface area (Å²) in [7, 11) is 1.78. The summed E-state index contributed by atoms with van der Waals surface area (Å²) in [5.74, 6) is 0. The Bertz CT molecular complexity index is 112. The molecular formula is C6H11NOS. The van der Waals surface area contributed by atoms with Gasteiger partial charge in [0.25, 0.3) is 5.17 Å². The molecule has 0 unspecified atom stereocenters. The Morgan fingerprint density at radius 1 is 1.67 bits per heavy atom. The molecule has 1 N–H and O–H groups in total. The summed E-state index contributed by atoms with van der Waals surface area (Å²) < 4.78 is 5.26. The summed E-state index contributed by atoms with van der Waals surface area (Å²) in [5.41, 5.74) is 0. The first-order valence-electron chi connectivity index (χ1n) is 3.21. The largest absolute Gasteiger partial charge is 0.468 e. The third kappa shape index (κ3) is 1.82. The average Bonchev–Trinajstić information content (AvgIpc) is 1.78. The van der Waals surface area contributed by atoms with Crippen molar-refractivity contribution in [3.05, 3.63) is 0 Å². The van der Waals surface area contributed by atoms with Crippen LogP contribution in [-0.4, -0.2) is 18.3 Å². The zero-order valence-corrected chi connectivity index (χ0v) is 6.33. The minimum absolute atomic E-state index is 0.407. The molecule has 2 nitrogen and oxygen atoms in total. The lowest BCUT2D eigenvalue weighted by molar-refractivity contribution is 0.107. The fourth-order valence-corrected chi connectivity index (χ4v) is 0.835. The van der Waals surface area contributed by atoms with Gasteiger partial charge in [0.05, 0.1) is 0 Å². The number of hydrogen-bond donors (Lipinski definition) is 1. The van der Waals surface area contributed by atoms with E-state index in [2.05, 4.69) is 5.32 Å². The molecule has 0 aliphatic heterocycles. The lowest BCUT2D eigenvalue weighted by Gasteiger charge is -2.25. The number of nitrogens with one attached hydrogen (secondary N) is 1. The van der Waals surface area contributed by atoms with Crippen molar-refractivity contribution < 1.29 is 4.74 Å². The van der Waals surface area contributed by atoms with Crippen LogP contribution in [0.3, 0.4) is 0 Å². The Morgan fingerprint density at radius 3 is 2.67 bits per heavy atom. The Hall–Kier alpha value is -0.310. The molecule has 0 atom stereocenters. The molecule has 3 heteroatoms. The Morgan fingerprint density at radius 2 is 2.33 bits per heavy atom. The van der Waals surface area contributed by atoms with E-state index >= 15 is 0 Å². The number of thiocarbonyl (C=S) groups is 1. The van der Waals surface area contributed by atoms with Gasteiger partial charge >= 0.3 is 0 Å². The van der Waals surface area contributed by atoms with Gasteiger partial charge in [-0.1, -0.05) is 0 Å². The van der Waals surface area contributed by atoms with Crippen molar-refractivity contribution in [2.24, 2.45) is 0 Å². The van der Waals surface area contributed by atoms with Crippen molar-refractivity contribution in [3.63, 3.8) is 0 Å². The highest BCUT2D eigenvalue weighted by atomic mass is 32.1. The van der Waals surface area contributed by atoms with Gasteiger partial charge in [0.1, 0.15) is 6.10 Å². The van der Waals surface area contributed by atoms with Crippen LogP contribution in [0, 0.1) is 0 Å². The highest BCUT2D eigenvalue weighted by molar-refractivity contribution is 7.80. The molecule has 0 aromatic heterocycles. The highest BCUT2D eigenvalue weighted by Gasteiger charge is 2.19. The maximum Gasteiger partial charge on any atom is 0.256 e. The standard InChI is InChI=1S/C6H11NOS/c1-7-6(9)8-5-3-2-4-5/h5H,2-4H2,1H3,(H,7,9). The van der Waals surface area contributed by atoms with Crippen LogP contribution in [-0.2, 0) is 4.74 Å². The van der Waals surface area contributed by atoms with Crippen molar-refractivity contribution in [3.8, 4) is 0 Å². The van der Waals surface area contributed by atoms with Crippen LogP contribution in [0.5, 0.6) is 0 Å².